The fourth-order valence-corrected chi connectivity index (χ4v) is 1.77. The van der Waals surface area contributed by atoms with Gasteiger partial charge < -0.3 is 5.32 Å². The van der Waals surface area contributed by atoms with Crippen LogP contribution in [0.3, 0.4) is 0 Å². The molecule has 1 N–H and O–H groups in total. The molecule has 1 heterocycles. The highest BCUT2D eigenvalue weighted by atomic mass is 19.3. The Kier molecular flexibility index (Phi) is 4.62. The summed E-state index contributed by atoms with van der Waals surface area (Å²) < 4.78 is 51.5. The van der Waals surface area contributed by atoms with Gasteiger partial charge in [-0.2, -0.15) is 13.9 Å². The van der Waals surface area contributed by atoms with E-state index in [1.807, 2.05) is 30.3 Å². The standard InChI is InChI=1S/C14H15F4N3/c1-10(19-9-14(17,18)13(15)16)11-7-20-21(8-11)12-5-3-2-4-6-12/h2-8,10,13,19H,9H2,1H3. The molecule has 0 saturated carbocycles. The van der Waals surface area contributed by atoms with Crippen LogP contribution in [-0.2, 0) is 0 Å². The average Bonchev–Trinajstić information content (AvgIpc) is 2.95. The first-order valence-corrected chi connectivity index (χ1v) is 6.39. The molecular formula is C14H15F4N3. The van der Waals surface area contributed by atoms with Crippen molar-refractivity contribution in [2.24, 2.45) is 0 Å². The maximum atomic E-state index is 12.9. The van der Waals surface area contributed by atoms with Gasteiger partial charge in [-0.05, 0) is 19.1 Å². The van der Waals surface area contributed by atoms with E-state index in [1.54, 1.807) is 17.8 Å². The van der Waals surface area contributed by atoms with Crippen LogP contribution in [0.5, 0.6) is 0 Å². The van der Waals surface area contributed by atoms with Crippen LogP contribution in [-0.4, -0.2) is 28.7 Å². The van der Waals surface area contributed by atoms with Gasteiger partial charge in [-0.3, -0.25) is 0 Å². The molecule has 0 amide bonds. The van der Waals surface area contributed by atoms with Gasteiger partial charge in [0.05, 0.1) is 18.4 Å². The third-order valence-corrected chi connectivity index (χ3v) is 3.09. The van der Waals surface area contributed by atoms with Gasteiger partial charge in [-0.25, -0.2) is 13.5 Å². The number of alkyl halides is 4. The van der Waals surface area contributed by atoms with Crippen LogP contribution in [0.25, 0.3) is 5.69 Å². The molecule has 0 aliphatic rings. The molecule has 0 radical (unpaired) electrons. The molecule has 1 aromatic carbocycles. The van der Waals surface area contributed by atoms with Gasteiger partial charge in [-0.15, -0.1) is 0 Å². The largest absolute Gasteiger partial charge is 0.319 e. The third-order valence-electron chi connectivity index (χ3n) is 3.09. The number of hydrogen-bond donors (Lipinski definition) is 1. The van der Waals surface area contributed by atoms with Crippen molar-refractivity contribution in [1.29, 1.82) is 0 Å². The Hall–Kier alpha value is -1.89. The zero-order valence-corrected chi connectivity index (χ0v) is 11.3. The molecule has 7 heteroatoms. The molecule has 0 saturated heterocycles. The topological polar surface area (TPSA) is 29.9 Å². The Bertz CT molecular complexity index is 569. The van der Waals surface area contributed by atoms with Crippen molar-refractivity contribution in [2.45, 2.75) is 25.3 Å². The first kappa shape index (κ1) is 15.5. The minimum Gasteiger partial charge on any atom is -0.304 e. The maximum absolute atomic E-state index is 12.9. The predicted octanol–water partition coefficient (Wildman–Crippen LogP) is 3.42. The lowest BCUT2D eigenvalue weighted by Gasteiger charge is -2.19. The second-order valence-electron chi connectivity index (χ2n) is 4.72. The van der Waals surface area contributed by atoms with E-state index in [4.69, 9.17) is 0 Å². The van der Waals surface area contributed by atoms with E-state index in [-0.39, 0.29) is 0 Å². The highest BCUT2D eigenvalue weighted by Gasteiger charge is 2.40. The Balaban J connectivity index is 2.01. The number of para-hydroxylation sites is 1. The van der Waals surface area contributed by atoms with Gasteiger partial charge in [0.15, 0.2) is 0 Å². The molecular weight excluding hydrogens is 286 g/mol. The Labute approximate surface area is 119 Å². The number of benzene rings is 1. The lowest BCUT2D eigenvalue weighted by atomic mass is 10.2. The molecule has 0 aliphatic heterocycles. The Morgan fingerprint density at radius 1 is 1.24 bits per heavy atom. The summed E-state index contributed by atoms with van der Waals surface area (Å²) in [5, 5.41) is 6.53. The normalized spacial score (nSPS) is 13.6. The first-order valence-electron chi connectivity index (χ1n) is 6.39. The molecule has 3 nitrogen and oxygen atoms in total. The summed E-state index contributed by atoms with van der Waals surface area (Å²) in [7, 11) is 0. The Morgan fingerprint density at radius 3 is 2.52 bits per heavy atom. The number of aromatic nitrogens is 2. The number of halogens is 4. The highest BCUT2D eigenvalue weighted by Crippen LogP contribution is 2.23. The summed E-state index contributed by atoms with van der Waals surface area (Å²) >= 11 is 0. The van der Waals surface area contributed by atoms with Gasteiger partial charge in [0, 0.05) is 17.8 Å². The SMILES string of the molecule is CC(NCC(F)(F)C(F)F)c1cnn(-c2ccccc2)c1. The highest BCUT2D eigenvalue weighted by molar-refractivity contribution is 5.31. The smallest absolute Gasteiger partial charge is 0.304 e. The maximum Gasteiger partial charge on any atom is 0.319 e. The van der Waals surface area contributed by atoms with Gasteiger partial charge in [0.1, 0.15) is 0 Å². The number of hydrogen-bond acceptors (Lipinski definition) is 2. The van der Waals surface area contributed by atoms with Crippen LogP contribution >= 0.6 is 0 Å². The molecule has 21 heavy (non-hydrogen) atoms. The minimum absolute atomic E-state index is 0.507. The van der Waals surface area contributed by atoms with Crippen molar-refractivity contribution >= 4 is 0 Å². The van der Waals surface area contributed by atoms with Crippen LogP contribution in [0.1, 0.15) is 18.5 Å². The van der Waals surface area contributed by atoms with Crippen LogP contribution in [0.15, 0.2) is 42.7 Å². The van der Waals surface area contributed by atoms with Crippen molar-refractivity contribution in [3.05, 3.63) is 48.3 Å². The van der Waals surface area contributed by atoms with E-state index >= 15 is 0 Å². The molecule has 0 spiro atoms. The average molecular weight is 301 g/mol. The van der Waals surface area contributed by atoms with Gasteiger partial charge in [0.2, 0.25) is 0 Å². The first-order chi connectivity index (χ1) is 9.90. The van der Waals surface area contributed by atoms with E-state index in [1.165, 1.54) is 6.20 Å². The van der Waals surface area contributed by atoms with Gasteiger partial charge in [0.25, 0.3) is 0 Å². The van der Waals surface area contributed by atoms with Crippen molar-refractivity contribution in [2.75, 3.05) is 6.54 Å². The van der Waals surface area contributed by atoms with E-state index < -0.39 is 24.9 Å². The van der Waals surface area contributed by atoms with Crippen LogP contribution < -0.4 is 5.32 Å². The molecule has 1 unspecified atom stereocenters. The van der Waals surface area contributed by atoms with Crippen molar-refractivity contribution in [3.63, 3.8) is 0 Å². The fraction of sp³-hybridized carbons (Fsp3) is 0.357. The zero-order valence-electron chi connectivity index (χ0n) is 11.3. The lowest BCUT2D eigenvalue weighted by molar-refractivity contribution is -0.126. The number of nitrogens with one attached hydrogen (secondary N) is 1. The van der Waals surface area contributed by atoms with Crippen LogP contribution in [0, 0.1) is 0 Å². The van der Waals surface area contributed by atoms with Gasteiger partial charge in [-0.1, -0.05) is 18.2 Å². The predicted molar refractivity (Wildman–Crippen MR) is 70.9 cm³/mol. The van der Waals surface area contributed by atoms with Crippen molar-refractivity contribution < 1.29 is 17.6 Å². The molecule has 0 fully saturated rings. The molecule has 0 aliphatic carbocycles. The molecule has 1 aromatic heterocycles. The van der Waals surface area contributed by atoms with Crippen molar-refractivity contribution in [1.82, 2.24) is 15.1 Å². The zero-order chi connectivity index (χ0) is 15.5. The molecule has 114 valence electrons. The second-order valence-corrected chi connectivity index (χ2v) is 4.72. The van der Waals surface area contributed by atoms with E-state index in [0.717, 1.165) is 5.69 Å². The third kappa shape index (κ3) is 3.81. The second kappa shape index (κ2) is 6.26. The number of rotatable bonds is 6. The van der Waals surface area contributed by atoms with E-state index in [0.29, 0.717) is 5.56 Å². The summed E-state index contributed by atoms with van der Waals surface area (Å²) in [6.07, 6.45) is -0.483. The van der Waals surface area contributed by atoms with Crippen LogP contribution in [0.4, 0.5) is 17.6 Å². The van der Waals surface area contributed by atoms with Gasteiger partial charge >= 0.3 is 12.3 Å². The molecule has 1 atom stereocenters. The monoisotopic (exact) mass is 301 g/mol. The Morgan fingerprint density at radius 2 is 1.90 bits per heavy atom. The fourth-order valence-electron chi connectivity index (χ4n) is 1.77. The number of nitrogens with zero attached hydrogens (tertiary/aromatic N) is 2. The quantitative estimate of drug-likeness (QED) is 0.829. The van der Waals surface area contributed by atoms with Crippen molar-refractivity contribution in [3.8, 4) is 5.69 Å². The summed E-state index contributed by atoms with van der Waals surface area (Å²) in [5.74, 6) is -4.04. The summed E-state index contributed by atoms with van der Waals surface area (Å²) in [4.78, 5) is 0. The van der Waals surface area contributed by atoms with E-state index in [2.05, 4.69) is 10.4 Å². The summed E-state index contributed by atoms with van der Waals surface area (Å²) in [5.41, 5.74) is 1.47. The molecule has 2 aromatic rings. The molecule has 2 rings (SSSR count). The summed E-state index contributed by atoms with van der Waals surface area (Å²) in [6.45, 7) is 0.538. The summed E-state index contributed by atoms with van der Waals surface area (Å²) in [6, 6.07) is 8.75. The minimum atomic E-state index is -4.04. The lowest BCUT2D eigenvalue weighted by Crippen LogP contribution is -2.39. The molecule has 0 bridgehead atoms. The van der Waals surface area contributed by atoms with Crippen LogP contribution in [0.2, 0.25) is 0 Å². The van der Waals surface area contributed by atoms with E-state index in [9.17, 15) is 17.6 Å².